The molecule has 0 N–H and O–H groups in total. The summed E-state index contributed by atoms with van der Waals surface area (Å²) in [6.07, 6.45) is 4.82. The van der Waals surface area contributed by atoms with Crippen LogP contribution in [0.5, 0.6) is 0 Å². The summed E-state index contributed by atoms with van der Waals surface area (Å²) in [5, 5.41) is 0. The molecule has 0 aliphatic heterocycles. The monoisotopic (exact) mass is 154 g/mol. The Bertz CT molecular complexity index is 145. The van der Waals surface area contributed by atoms with E-state index in [1.807, 2.05) is 13.0 Å². The van der Waals surface area contributed by atoms with E-state index in [4.69, 9.17) is 0 Å². The van der Waals surface area contributed by atoms with Crippen LogP contribution in [0.1, 0.15) is 34.1 Å². The second-order valence-corrected chi connectivity index (χ2v) is 3.34. The van der Waals surface area contributed by atoms with Crippen molar-refractivity contribution in [3.05, 3.63) is 12.2 Å². The number of hydrogen-bond donors (Lipinski definition) is 0. The van der Waals surface area contributed by atoms with Gasteiger partial charge in [-0.3, -0.25) is 0 Å². The van der Waals surface area contributed by atoms with Crippen molar-refractivity contribution in [1.29, 1.82) is 0 Å². The summed E-state index contributed by atoms with van der Waals surface area (Å²) >= 11 is 0. The molecule has 0 fully saturated rings. The third-order valence-electron chi connectivity index (χ3n) is 1.82. The fourth-order valence-electron chi connectivity index (χ4n) is 1.11. The molecule has 0 aromatic rings. The van der Waals surface area contributed by atoms with Crippen LogP contribution in [0.3, 0.4) is 0 Å². The van der Waals surface area contributed by atoms with Crippen LogP contribution < -0.4 is 0 Å². The smallest absolute Gasteiger partial charge is 0.130 e. The molecule has 11 heavy (non-hydrogen) atoms. The number of allylic oxidation sites excluding steroid dienone is 2. The Morgan fingerprint density at radius 2 is 2.00 bits per heavy atom. The molecule has 0 amide bonds. The first-order valence-electron chi connectivity index (χ1n) is 4.20. The fraction of sp³-hybridized carbons (Fsp3) is 0.700. The second kappa shape index (κ2) is 5.11. The first kappa shape index (κ1) is 10.4. The molecular weight excluding hydrogens is 136 g/mol. The zero-order valence-corrected chi connectivity index (χ0v) is 7.92. The molecule has 0 heterocycles. The van der Waals surface area contributed by atoms with Gasteiger partial charge < -0.3 is 4.79 Å². The van der Waals surface area contributed by atoms with Crippen molar-refractivity contribution >= 4 is 5.78 Å². The number of carbonyl (C=O) groups excluding carboxylic acids is 1. The molecule has 0 aromatic carbocycles. The number of Topliss-reactive ketones (excluding diaryl/α,β-unsaturated/α-hetero) is 1. The van der Waals surface area contributed by atoms with Gasteiger partial charge in [-0.25, -0.2) is 0 Å². The lowest BCUT2D eigenvalue weighted by atomic mass is 9.91. The molecule has 0 saturated carbocycles. The summed E-state index contributed by atoms with van der Waals surface area (Å²) in [4.78, 5) is 10.8. The molecule has 1 unspecified atom stereocenters. The third kappa shape index (κ3) is 4.77. The lowest BCUT2D eigenvalue weighted by Crippen LogP contribution is -2.09. The van der Waals surface area contributed by atoms with Crippen molar-refractivity contribution in [2.24, 2.45) is 11.8 Å². The zero-order chi connectivity index (χ0) is 8.85. The summed E-state index contributed by atoms with van der Waals surface area (Å²) in [5.74, 6) is 1.27. The van der Waals surface area contributed by atoms with E-state index in [-0.39, 0.29) is 5.78 Å². The maximum atomic E-state index is 10.8. The Morgan fingerprint density at radius 3 is 2.27 bits per heavy atom. The van der Waals surface area contributed by atoms with Crippen LogP contribution in [-0.2, 0) is 4.79 Å². The molecule has 0 bridgehead atoms. The van der Waals surface area contributed by atoms with Gasteiger partial charge in [0.15, 0.2) is 0 Å². The largest absolute Gasteiger partial charge is 0.300 e. The van der Waals surface area contributed by atoms with Crippen LogP contribution in [0.4, 0.5) is 0 Å². The Kier molecular flexibility index (Phi) is 4.84. The van der Waals surface area contributed by atoms with Crippen LogP contribution >= 0.6 is 0 Å². The topological polar surface area (TPSA) is 17.1 Å². The normalized spacial score (nSPS) is 14.3. The highest BCUT2D eigenvalue weighted by atomic mass is 16.1. The van der Waals surface area contributed by atoms with Gasteiger partial charge in [-0.1, -0.05) is 26.0 Å². The van der Waals surface area contributed by atoms with Gasteiger partial charge in [-0.15, -0.1) is 0 Å². The Labute approximate surface area is 69.5 Å². The second-order valence-electron chi connectivity index (χ2n) is 3.34. The standard InChI is InChI=1S/C10H18O/c1-5-6-10(8(2)3)7-9(4)11/h5-6,8,10H,7H2,1-4H3. The number of carbonyl (C=O) groups is 1. The molecule has 0 rings (SSSR count). The zero-order valence-electron chi connectivity index (χ0n) is 7.92. The van der Waals surface area contributed by atoms with Crippen LogP contribution in [0, 0.1) is 11.8 Å². The van der Waals surface area contributed by atoms with Gasteiger partial charge in [0.1, 0.15) is 5.78 Å². The van der Waals surface area contributed by atoms with Gasteiger partial charge in [0.05, 0.1) is 0 Å². The van der Waals surface area contributed by atoms with E-state index in [0.717, 1.165) is 0 Å². The van der Waals surface area contributed by atoms with E-state index in [0.29, 0.717) is 18.3 Å². The highest BCUT2D eigenvalue weighted by Crippen LogP contribution is 2.16. The van der Waals surface area contributed by atoms with Gasteiger partial charge in [0.25, 0.3) is 0 Å². The number of ketones is 1. The molecule has 0 spiro atoms. The fourth-order valence-corrected chi connectivity index (χ4v) is 1.11. The Morgan fingerprint density at radius 1 is 1.45 bits per heavy atom. The molecule has 64 valence electrons. The highest BCUT2D eigenvalue weighted by Gasteiger charge is 2.10. The molecule has 0 radical (unpaired) electrons. The lowest BCUT2D eigenvalue weighted by molar-refractivity contribution is -0.117. The summed E-state index contributed by atoms with van der Waals surface area (Å²) in [6, 6.07) is 0. The van der Waals surface area contributed by atoms with E-state index in [1.54, 1.807) is 6.92 Å². The van der Waals surface area contributed by atoms with Crippen LogP contribution in [0.25, 0.3) is 0 Å². The first-order valence-corrected chi connectivity index (χ1v) is 4.20. The SMILES string of the molecule is CC=CC(CC(C)=O)C(C)C. The van der Waals surface area contributed by atoms with Crippen LogP contribution in [0.2, 0.25) is 0 Å². The molecule has 1 heteroatoms. The summed E-state index contributed by atoms with van der Waals surface area (Å²) in [7, 11) is 0. The average molecular weight is 154 g/mol. The van der Waals surface area contributed by atoms with E-state index in [2.05, 4.69) is 19.9 Å². The molecular formula is C10H18O. The predicted octanol–water partition coefficient (Wildman–Crippen LogP) is 2.81. The van der Waals surface area contributed by atoms with Gasteiger partial charge in [0.2, 0.25) is 0 Å². The Hall–Kier alpha value is -0.590. The molecule has 1 nitrogen and oxygen atoms in total. The Balaban J connectivity index is 4.00. The van der Waals surface area contributed by atoms with Gasteiger partial charge >= 0.3 is 0 Å². The predicted molar refractivity (Wildman–Crippen MR) is 48.4 cm³/mol. The maximum absolute atomic E-state index is 10.8. The van der Waals surface area contributed by atoms with E-state index in [9.17, 15) is 4.79 Å². The molecule has 0 aliphatic rings. The summed E-state index contributed by atoms with van der Waals surface area (Å²) < 4.78 is 0. The van der Waals surface area contributed by atoms with Crippen LogP contribution in [0.15, 0.2) is 12.2 Å². The van der Waals surface area contributed by atoms with Gasteiger partial charge in [0, 0.05) is 6.42 Å². The number of hydrogen-bond acceptors (Lipinski definition) is 1. The average Bonchev–Trinajstić information content (AvgIpc) is 1.86. The van der Waals surface area contributed by atoms with E-state index < -0.39 is 0 Å². The first-order chi connectivity index (χ1) is 5.07. The molecule has 0 aliphatic carbocycles. The number of rotatable bonds is 4. The van der Waals surface area contributed by atoms with Crippen molar-refractivity contribution < 1.29 is 4.79 Å². The summed E-state index contributed by atoms with van der Waals surface area (Å²) in [5.41, 5.74) is 0. The van der Waals surface area contributed by atoms with Crippen molar-refractivity contribution in [2.45, 2.75) is 34.1 Å². The minimum Gasteiger partial charge on any atom is -0.300 e. The quantitative estimate of drug-likeness (QED) is 0.569. The van der Waals surface area contributed by atoms with Crippen molar-refractivity contribution in [2.75, 3.05) is 0 Å². The summed E-state index contributed by atoms with van der Waals surface area (Å²) in [6.45, 7) is 7.94. The molecule has 0 saturated heterocycles. The van der Waals surface area contributed by atoms with Crippen molar-refractivity contribution in [3.63, 3.8) is 0 Å². The minimum absolute atomic E-state index is 0.279. The minimum atomic E-state index is 0.279. The van der Waals surface area contributed by atoms with E-state index in [1.165, 1.54) is 0 Å². The molecule has 0 aromatic heterocycles. The van der Waals surface area contributed by atoms with Crippen molar-refractivity contribution in [3.8, 4) is 0 Å². The van der Waals surface area contributed by atoms with Crippen molar-refractivity contribution in [1.82, 2.24) is 0 Å². The highest BCUT2D eigenvalue weighted by molar-refractivity contribution is 5.75. The maximum Gasteiger partial charge on any atom is 0.130 e. The van der Waals surface area contributed by atoms with Gasteiger partial charge in [-0.05, 0) is 25.7 Å². The van der Waals surface area contributed by atoms with E-state index >= 15 is 0 Å². The van der Waals surface area contributed by atoms with Crippen LogP contribution in [-0.4, -0.2) is 5.78 Å². The third-order valence-corrected chi connectivity index (χ3v) is 1.82. The lowest BCUT2D eigenvalue weighted by Gasteiger charge is -2.14. The van der Waals surface area contributed by atoms with Gasteiger partial charge in [-0.2, -0.15) is 0 Å². The molecule has 1 atom stereocenters.